The van der Waals surface area contributed by atoms with E-state index in [1.54, 1.807) is 6.20 Å². The number of aromatic nitrogens is 3. The summed E-state index contributed by atoms with van der Waals surface area (Å²) in [6, 6.07) is 12.5. The Balaban J connectivity index is 1.20. The topological polar surface area (TPSA) is 77.3 Å². The maximum Gasteiger partial charge on any atom is 0.339 e. The van der Waals surface area contributed by atoms with E-state index in [0.717, 1.165) is 37.8 Å². The van der Waals surface area contributed by atoms with Crippen molar-refractivity contribution in [2.75, 3.05) is 19.7 Å². The number of fused-ring (bicyclic) bond motifs is 1. The van der Waals surface area contributed by atoms with Crippen molar-refractivity contribution in [3.8, 4) is 0 Å². The van der Waals surface area contributed by atoms with Gasteiger partial charge in [0.2, 0.25) is 0 Å². The molecule has 3 aromatic rings. The summed E-state index contributed by atoms with van der Waals surface area (Å²) in [6.45, 7) is 5.26. The van der Waals surface area contributed by atoms with E-state index in [1.165, 1.54) is 5.56 Å². The number of carbonyl (C=O) groups is 2. The van der Waals surface area contributed by atoms with Gasteiger partial charge in [-0.2, -0.15) is 5.10 Å². The largest absolute Gasteiger partial charge is 0.452 e. The Kier molecular flexibility index (Phi) is 6.35. The fourth-order valence-corrected chi connectivity index (χ4v) is 4.80. The first-order valence-corrected chi connectivity index (χ1v) is 12.4. The van der Waals surface area contributed by atoms with Gasteiger partial charge >= 0.3 is 5.97 Å². The van der Waals surface area contributed by atoms with Crippen LogP contribution in [0.4, 0.5) is 0 Å². The zero-order valence-corrected chi connectivity index (χ0v) is 19.9. The molecule has 1 amide bonds. The third kappa shape index (κ3) is 4.83. The number of nitrogens with zero attached hydrogens (tertiary/aromatic N) is 4. The number of likely N-dealkylation sites (tertiary alicyclic amines) is 1. The maximum atomic E-state index is 13.0. The monoisotopic (exact) mass is 460 g/mol. The molecule has 1 aromatic carbocycles. The Morgan fingerprint density at radius 2 is 1.82 bits per heavy atom. The first-order valence-electron chi connectivity index (χ1n) is 12.4. The molecule has 0 atom stereocenters. The van der Waals surface area contributed by atoms with E-state index >= 15 is 0 Å². The predicted octanol–water partition coefficient (Wildman–Crippen LogP) is 4.53. The Bertz CT molecular complexity index is 1180. The smallest absolute Gasteiger partial charge is 0.339 e. The van der Waals surface area contributed by atoms with Gasteiger partial charge in [-0.15, -0.1) is 0 Å². The van der Waals surface area contributed by atoms with Gasteiger partial charge < -0.3 is 9.64 Å². The van der Waals surface area contributed by atoms with Crippen molar-refractivity contribution in [3.05, 3.63) is 59.4 Å². The van der Waals surface area contributed by atoms with E-state index in [1.807, 2.05) is 35.6 Å². The number of ether oxygens (including phenoxy) is 1. The van der Waals surface area contributed by atoms with E-state index in [4.69, 9.17) is 9.72 Å². The van der Waals surface area contributed by atoms with Crippen LogP contribution in [0, 0.1) is 5.92 Å². The second-order valence-corrected chi connectivity index (χ2v) is 9.88. The van der Waals surface area contributed by atoms with Crippen molar-refractivity contribution < 1.29 is 14.3 Å². The fraction of sp³-hybridized carbons (Fsp3) is 0.481. The summed E-state index contributed by atoms with van der Waals surface area (Å²) in [6.07, 6.45) is 6.83. The second-order valence-electron chi connectivity index (χ2n) is 9.88. The molecule has 0 N–H and O–H groups in total. The third-order valence-corrected chi connectivity index (χ3v) is 6.95. The van der Waals surface area contributed by atoms with Crippen molar-refractivity contribution in [2.45, 2.75) is 57.9 Å². The van der Waals surface area contributed by atoms with Gasteiger partial charge in [-0.05, 0) is 63.5 Å². The Morgan fingerprint density at radius 3 is 2.50 bits per heavy atom. The molecule has 34 heavy (non-hydrogen) atoms. The highest BCUT2D eigenvalue weighted by molar-refractivity contribution is 6.03. The quantitative estimate of drug-likeness (QED) is 0.484. The normalized spacial score (nSPS) is 16.9. The molecule has 5 rings (SSSR count). The average Bonchev–Trinajstić information content (AvgIpc) is 3.61. The zero-order chi connectivity index (χ0) is 23.7. The molecule has 0 bridgehead atoms. The molecule has 3 heterocycles. The average molecular weight is 461 g/mol. The Morgan fingerprint density at radius 1 is 1.09 bits per heavy atom. The summed E-state index contributed by atoms with van der Waals surface area (Å²) >= 11 is 0. The van der Waals surface area contributed by atoms with Gasteiger partial charge in [0.15, 0.2) is 12.3 Å². The van der Waals surface area contributed by atoms with Gasteiger partial charge in [0.05, 0.1) is 17.1 Å². The molecule has 0 unspecified atom stereocenters. The van der Waals surface area contributed by atoms with Crippen molar-refractivity contribution in [3.63, 3.8) is 0 Å². The van der Waals surface area contributed by atoms with Crippen LogP contribution in [0.1, 0.15) is 73.1 Å². The minimum atomic E-state index is -0.482. The van der Waals surface area contributed by atoms with Crippen LogP contribution >= 0.6 is 0 Å². The summed E-state index contributed by atoms with van der Waals surface area (Å²) in [5.41, 5.74) is 3.41. The van der Waals surface area contributed by atoms with Crippen LogP contribution < -0.4 is 0 Å². The number of rotatable bonds is 7. The second kappa shape index (κ2) is 9.57. The molecular weight excluding hydrogens is 428 g/mol. The van der Waals surface area contributed by atoms with Gasteiger partial charge in [0.1, 0.15) is 0 Å². The van der Waals surface area contributed by atoms with Crippen LogP contribution in [-0.4, -0.2) is 51.2 Å². The number of pyridine rings is 1. The summed E-state index contributed by atoms with van der Waals surface area (Å²) in [4.78, 5) is 32.4. The van der Waals surface area contributed by atoms with E-state index in [2.05, 4.69) is 29.4 Å². The van der Waals surface area contributed by atoms with Gasteiger partial charge in [0, 0.05) is 30.7 Å². The number of hydrogen-bond donors (Lipinski definition) is 0. The van der Waals surface area contributed by atoms with Crippen LogP contribution in [0.25, 0.3) is 11.0 Å². The summed E-state index contributed by atoms with van der Waals surface area (Å²) in [7, 11) is 0. The lowest BCUT2D eigenvalue weighted by Crippen LogP contribution is -2.41. The van der Waals surface area contributed by atoms with Gasteiger partial charge in [-0.25, -0.2) is 14.5 Å². The number of hydrogen-bond acceptors (Lipinski definition) is 5. The highest BCUT2D eigenvalue weighted by atomic mass is 16.5. The van der Waals surface area contributed by atoms with Gasteiger partial charge in [-0.3, -0.25) is 4.79 Å². The lowest BCUT2D eigenvalue weighted by molar-refractivity contribution is -0.135. The SMILES string of the molecule is CC(C)n1ncc2c(C(=O)OCC(=O)N3CCC(Cc4ccccc4)CC3)cc(C3CC3)nc21. The molecule has 1 aliphatic heterocycles. The Hall–Kier alpha value is -3.22. The number of piperidine rings is 1. The molecule has 1 saturated carbocycles. The summed E-state index contributed by atoms with van der Waals surface area (Å²) in [5.74, 6) is 0.366. The van der Waals surface area contributed by atoms with E-state index in [9.17, 15) is 9.59 Å². The standard InChI is InChI=1S/C27H32N4O3/c1-18(2)31-26-23(16-28-31)22(15-24(29-26)21-8-9-21)27(33)34-17-25(32)30-12-10-20(11-13-30)14-19-6-4-3-5-7-19/h3-7,15-16,18,20-21H,8-14,17H2,1-2H3. The lowest BCUT2D eigenvalue weighted by Gasteiger charge is -2.32. The van der Waals surface area contributed by atoms with Gasteiger partial charge in [0.25, 0.3) is 5.91 Å². The minimum Gasteiger partial charge on any atom is -0.452 e. The van der Waals surface area contributed by atoms with Crippen molar-refractivity contribution in [1.82, 2.24) is 19.7 Å². The fourth-order valence-electron chi connectivity index (χ4n) is 4.80. The van der Waals surface area contributed by atoms with E-state index < -0.39 is 5.97 Å². The van der Waals surface area contributed by atoms with Crippen LogP contribution in [0.2, 0.25) is 0 Å². The Labute approximate surface area is 200 Å². The molecule has 7 nitrogen and oxygen atoms in total. The molecule has 1 saturated heterocycles. The molecule has 7 heteroatoms. The molecular formula is C27H32N4O3. The van der Waals surface area contributed by atoms with Crippen LogP contribution in [0.5, 0.6) is 0 Å². The first-order chi connectivity index (χ1) is 16.5. The molecule has 2 aliphatic rings. The molecule has 0 radical (unpaired) electrons. The third-order valence-electron chi connectivity index (χ3n) is 6.95. The zero-order valence-electron chi connectivity index (χ0n) is 19.9. The number of amides is 1. The molecule has 2 aromatic heterocycles. The predicted molar refractivity (Wildman–Crippen MR) is 130 cm³/mol. The number of esters is 1. The molecule has 1 aliphatic carbocycles. The van der Waals surface area contributed by atoms with Gasteiger partial charge in [-0.1, -0.05) is 30.3 Å². The van der Waals surface area contributed by atoms with Crippen molar-refractivity contribution >= 4 is 22.9 Å². The van der Waals surface area contributed by atoms with E-state index in [-0.39, 0.29) is 18.6 Å². The molecule has 178 valence electrons. The highest BCUT2D eigenvalue weighted by Crippen LogP contribution is 2.40. The highest BCUT2D eigenvalue weighted by Gasteiger charge is 2.29. The maximum absolute atomic E-state index is 13.0. The van der Waals surface area contributed by atoms with Crippen LogP contribution in [0.15, 0.2) is 42.6 Å². The van der Waals surface area contributed by atoms with Crippen molar-refractivity contribution in [1.29, 1.82) is 0 Å². The summed E-state index contributed by atoms with van der Waals surface area (Å²) in [5, 5.41) is 5.11. The van der Waals surface area contributed by atoms with E-state index in [0.29, 0.717) is 41.5 Å². The minimum absolute atomic E-state index is 0.128. The van der Waals surface area contributed by atoms with Crippen molar-refractivity contribution in [2.24, 2.45) is 5.92 Å². The van der Waals surface area contributed by atoms with Crippen LogP contribution in [-0.2, 0) is 16.0 Å². The number of benzene rings is 1. The van der Waals surface area contributed by atoms with Crippen LogP contribution in [0.3, 0.4) is 0 Å². The number of carbonyl (C=O) groups excluding carboxylic acids is 2. The first kappa shape index (κ1) is 22.6. The summed E-state index contributed by atoms with van der Waals surface area (Å²) < 4.78 is 7.34. The molecule has 2 fully saturated rings. The molecule has 0 spiro atoms. The lowest BCUT2D eigenvalue weighted by atomic mass is 9.90.